The number of pyridine rings is 1. The lowest BCUT2D eigenvalue weighted by atomic mass is 10.2. The van der Waals surface area contributed by atoms with Gasteiger partial charge in [0.1, 0.15) is 0 Å². The fourth-order valence-electron chi connectivity index (χ4n) is 0.581. The average Bonchev–Trinajstić information content (AvgIpc) is 1.95. The van der Waals surface area contributed by atoms with Crippen LogP contribution in [0.3, 0.4) is 0 Å². The van der Waals surface area contributed by atoms with Gasteiger partial charge in [-0.1, -0.05) is 0 Å². The maximum absolute atomic E-state index is 10.1. The Balaban J connectivity index is 3.27. The van der Waals surface area contributed by atoms with Crippen LogP contribution in [0, 0.1) is 0 Å². The first-order valence-electron chi connectivity index (χ1n) is 2.64. The number of carbonyl (C=O) groups excluding carboxylic acids is 1. The molecule has 4 heteroatoms. The number of carbonyl (C=O) groups is 1. The third-order valence-electron chi connectivity index (χ3n) is 1.11. The van der Waals surface area contributed by atoms with E-state index < -0.39 is 0 Å². The van der Waals surface area contributed by atoms with Crippen LogP contribution in [0.1, 0.15) is 10.4 Å². The number of nitrogens with two attached hydrogens (primary N) is 1. The molecular weight excluding hydrogens is 132 g/mol. The highest BCUT2D eigenvalue weighted by Gasteiger charge is 2.02. The standard InChI is InChI=1S/C6H6N2O2/c7-6-5(10)4(3-9)1-2-8-6/h1-3,10H,(H2,7,8). The number of anilines is 1. The van der Waals surface area contributed by atoms with Gasteiger partial charge in [-0.3, -0.25) is 4.79 Å². The summed E-state index contributed by atoms with van der Waals surface area (Å²) in [5.41, 5.74) is 5.34. The molecular formula is C6H6N2O2. The van der Waals surface area contributed by atoms with E-state index >= 15 is 0 Å². The summed E-state index contributed by atoms with van der Waals surface area (Å²) < 4.78 is 0. The summed E-state index contributed by atoms with van der Waals surface area (Å²) in [4.78, 5) is 13.7. The summed E-state index contributed by atoms with van der Waals surface area (Å²) in [5, 5.41) is 8.98. The molecule has 0 fully saturated rings. The van der Waals surface area contributed by atoms with Gasteiger partial charge in [0.05, 0.1) is 5.56 Å². The Bertz CT molecular complexity index is 260. The minimum atomic E-state index is -0.252. The monoisotopic (exact) mass is 138 g/mol. The van der Waals surface area contributed by atoms with Crippen LogP contribution < -0.4 is 5.73 Å². The van der Waals surface area contributed by atoms with E-state index in [1.165, 1.54) is 12.3 Å². The van der Waals surface area contributed by atoms with E-state index in [9.17, 15) is 4.79 Å². The van der Waals surface area contributed by atoms with Crippen molar-refractivity contribution in [3.8, 4) is 5.75 Å². The van der Waals surface area contributed by atoms with E-state index in [0.717, 1.165) is 0 Å². The molecule has 0 saturated carbocycles. The molecule has 0 aliphatic carbocycles. The Morgan fingerprint density at radius 2 is 2.40 bits per heavy atom. The molecule has 0 aliphatic rings. The van der Waals surface area contributed by atoms with Gasteiger partial charge < -0.3 is 10.8 Å². The molecule has 1 aromatic heterocycles. The highest BCUT2D eigenvalue weighted by Crippen LogP contribution is 2.19. The van der Waals surface area contributed by atoms with Crippen molar-refractivity contribution in [3.05, 3.63) is 17.8 Å². The lowest BCUT2D eigenvalue weighted by Crippen LogP contribution is -1.92. The van der Waals surface area contributed by atoms with Gasteiger partial charge in [-0.2, -0.15) is 0 Å². The van der Waals surface area contributed by atoms with Crippen LogP contribution in [0.5, 0.6) is 5.75 Å². The normalized spacial score (nSPS) is 9.20. The van der Waals surface area contributed by atoms with Gasteiger partial charge >= 0.3 is 0 Å². The fourth-order valence-corrected chi connectivity index (χ4v) is 0.581. The van der Waals surface area contributed by atoms with Crippen LogP contribution in [0.25, 0.3) is 0 Å². The summed E-state index contributed by atoms with van der Waals surface area (Å²) >= 11 is 0. The van der Waals surface area contributed by atoms with Crippen molar-refractivity contribution in [2.24, 2.45) is 0 Å². The minimum absolute atomic E-state index is 0.0235. The lowest BCUT2D eigenvalue weighted by Gasteiger charge is -1.97. The van der Waals surface area contributed by atoms with E-state index in [1.54, 1.807) is 0 Å². The Kier molecular flexibility index (Phi) is 1.53. The first-order valence-corrected chi connectivity index (χ1v) is 2.64. The molecule has 10 heavy (non-hydrogen) atoms. The van der Waals surface area contributed by atoms with Crippen molar-refractivity contribution in [1.82, 2.24) is 4.98 Å². The van der Waals surface area contributed by atoms with E-state index in [4.69, 9.17) is 10.8 Å². The van der Waals surface area contributed by atoms with Crippen molar-refractivity contribution in [2.45, 2.75) is 0 Å². The molecule has 0 unspecified atom stereocenters. The molecule has 0 amide bonds. The zero-order valence-electron chi connectivity index (χ0n) is 5.11. The molecule has 0 saturated heterocycles. The number of aldehydes is 1. The Labute approximate surface area is 57.3 Å². The molecule has 1 rings (SSSR count). The van der Waals surface area contributed by atoms with Crippen LogP contribution >= 0.6 is 0 Å². The van der Waals surface area contributed by atoms with Gasteiger partial charge in [0.2, 0.25) is 0 Å². The van der Waals surface area contributed by atoms with Crippen LogP contribution in [0.2, 0.25) is 0 Å². The van der Waals surface area contributed by atoms with Crippen molar-refractivity contribution in [3.63, 3.8) is 0 Å². The summed E-state index contributed by atoms with van der Waals surface area (Å²) in [6.45, 7) is 0. The van der Waals surface area contributed by atoms with Crippen molar-refractivity contribution in [2.75, 3.05) is 5.73 Å². The summed E-state index contributed by atoms with van der Waals surface area (Å²) in [6, 6.07) is 1.39. The SMILES string of the molecule is Nc1nccc(C=O)c1O. The van der Waals surface area contributed by atoms with Gasteiger partial charge in [0.15, 0.2) is 17.9 Å². The number of nitrogen functional groups attached to an aromatic ring is 1. The van der Waals surface area contributed by atoms with Crippen molar-refractivity contribution in [1.29, 1.82) is 0 Å². The molecule has 52 valence electrons. The number of aromatic nitrogens is 1. The van der Waals surface area contributed by atoms with Gasteiger partial charge in [0, 0.05) is 6.20 Å². The van der Waals surface area contributed by atoms with E-state index in [-0.39, 0.29) is 17.1 Å². The molecule has 1 heterocycles. The Hall–Kier alpha value is -1.58. The van der Waals surface area contributed by atoms with E-state index in [2.05, 4.69) is 4.98 Å². The third kappa shape index (κ3) is 0.907. The largest absolute Gasteiger partial charge is 0.504 e. The van der Waals surface area contributed by atoms with Crippen LogP contribution in [0.4, 0.5) is 5.82 Å². The third-order valence-corrected chi connectivity index (χ3v) is 1.11. The molecule has 0 aliphatic heterocycles. The van der Waals surface area contributed by atoms with Crippen LogP contribution in [0.15, 0.2) is 12.3 Å². The number of aromatic hydroxyl groups is 1. The minimum Gasteiger partial charge on any atom is -0.504 e. The number of rotatable bonds is 1. The molecule has 0 aromatic carbocycles. The zero-order valence-corrected chi connectivity index (χ0v) is 5.11. The maximum Gasteiger partial charge on any atom is 0.168 e. The first kappa shape index (κ1) is 6.54. The lowest BCUT2D eigenvalue weighted by molar-refractivity contribution is 0.112. The molecule has 4 nitrogen and oxygen atoms in total. The number of hydrogen-bond donors (Lipinski definition) is 2. The van der Waals surface area contributed by atoms with Gasteiger partial charge in [0.25, 0.3) is 0 Å². The van der Waals surface area contributed by atoms with Crippen LogP contribution in [-0.2, 0) is 0 Å². The zero-order chi connectivity index (χ0) is 7.56. The second-order valence-electron chi connectivity index (χ2n) is 1.75. The van der Waals surface area contributed by atoms with E-state index in [1.807, 2.05) is 0 Å². The van der Waals surface area contributed by atoms with Crippen molar-refractivity contribution >= 4 is 12.1 Å². The topological polar surface area (TPSA) is 76.2 Å². The Morgan fingerprint density at radius 3 is 2.90 bits per heavy atom. The second kappa shape index (κ2) is 2.34. The highest BCUT2D eigenvalue weighted by molar-refractivity contribution is 5.81. The average molecular weight is 138 g/mol. The predicted molar refractivity (Wildman–Crippen MR) is 35.7 cm³/mol. The summed E-state index contributed by atoms with van der Waals surface area (Å²) in [6.07, 6.45) is 1.88. The number of hydrogen-bond acceptors (Lipinski definition) is 4. The second-order valence-corrected chi connectivity index (χ2v) is 1.75. The van der Waals surface area contributed by atoms with Crippen molar-refractivity contribution < 1.29 is 9.90 Å². The summed E-state index contributed by atoms with van der Waals surface area (Å²) in [7, 11) is 0. The van der Waals surface area contributed by atoms with Gasteiger partial charge in [-0.15, -0.1) is 0 Å². The molecule has 3 N–H and O–H groups in total. The molecule has 0 radical (unpaired) electrons. The maximum atomic E-state index is 10.1. The smallest absolute Gasteiger partial charge is 0.168 e. The molecule has 1 aromatic rings. The highest BCUT2D eigenvalue weighted by atomic mass is 16.3. The summed E-state index contributed by atoms with van der Waals surface area (Å²) in [5.74, 6) is -0.276. The molecule has 0 spiro atoms. The predicted octanol–water partition coefficient (Wildman–Crippen LogP) is 0.182. The quantitative estimate of drug-likeness (QED) is 0.543. The molecule has 0 bridgehead atoms. The van der Waals surface area contributed by atoms with Gasteiger partial charge in [-0.25, -0.2) is 4.98 Å². The van der Waals surface area contributed by atoms with E-state index in [0.29, 0.717) is 6.29 Å². The van der Waals surface area contributed by atoms with Gasteiger partial charge in [-0.05, 0) is 6.07 Å². The molecule has 0 atom stereocenters. The number of nitrogens with zero attached hydrogens (tertiary/aromatic N) is 1. The van der Waals surface area contributed by atoms with Crippen LogP contribution in [-0.4, -0.2) is 16.4 Å². The Morgan fingerprint density at radius 1 is 1.70 bits per heavy atom. The fraction of sp³-hybridized carbons (Fsp3) is 0. The first-order chi connectivity index (χ1) is 4.75.